The van der Waals surface area contributed by atoms with Crippen molar-refractivity contribution < 1.29 is 4.39 Å². The number of aryl methyl sites for hydroxylation is 2. The molecule has 0 radical (unpaired) electrons. The number of fused-ring (bicyclic) bond motifs is 1. The van der Waals surface area contributed by atoms with E-state index in [-0.39, 0.29) is 5.82 Å². The first kappa shape index (κ1) is 17.9. The number of aromatic nitrogens is 2. The summed E-state index contributed by atoms with van der Waals surface area (Å²) in [6.07, 6.45) is 5.68. The van der Waals surface area contributed by atoms with Crippen LogP contribution >= 0.6 is 0 Å². The van der Waals surface area contributed by atoms with Crippen LogP contribution in [0.15, 0.2) is 54.6 Å². The molecule has 0 amide bonds. The minimum absolute atomic E-state index is 0.169. The van der Waals surface area contributed by atoms with Crippen molar-refractivity contribution in [1.82, 2.24) is 14.5 Å². The molecule has 1 aliphatic heterocycles. The lowest BCUT2D eigenvalue weighted by atomic mass is 9.99. The number of nitrogens with zero attached hydrogens (tertiary/aromatic N) is 3. The molecule has 0 unspecified atom stereocenters. The highest BCUT2D eigenvalue weighted by molar-refractivity contribution is 5.75. The number of para-hydroxylation sites is 2. The summed E-state index contributed by atoms with van der Waals surface area (Å²) in [5.41, 5.74) is 4.81. The number of unbranched alkanes of at least 4 members (excludes halogenated alkanes) is 1. The van der Waals surface area contributed by atoms with Gasteiger partial charge in [0.1, 0.15) is 11.6 Å². The number of imidazole rings is 1. The third-order valence-electron chi connectivity index (χ3n) is 5.46. The Hall–Kier alpha value is -2.46. The van der Waals surface area contributed by atoms with Crippen molar-refractivity contribution in [2.24, 2.45) is 0 Å². The van der Waals surface area contributed by atoms with E-state index in [1.807, 2.05) is 18.2 Å². The van der Waals surface area contributed by atoms with E-state index >= 15 is 0 Å². The second-order valence-electron chi connectivity index (χ2n) is 7.29. The van der Waals surface area contributed by atoms with Crippen molar-refractivity contribution in [3.8, 4) is 0 Å². The lowest BCUT2D eigenvalue weighted by Crippen LogP contribution is -2.29. The topological polar surface area (TPSA) is 21.1 Å². The molecule has 0 atom stereocenters. The maximum atomic E-state index is 13.1. The molecule has 2 aromatic carbocycles. The largest absolute Gasteiger partial charge is 0.328 e. The number of halogens is 1. The van der Waals surface area contributed by atoms with Gasteiger partial charge in [0, 0.05) is 19.6 Å². The van der Waals surface area contributed by atoms with Gasteiger partial charge < -0.3 is 4.57 Å². The summed E-state index contributed by atoms with van der Waals surface area (Å²) in [5, 5.41) is 0. The van der Waals surface area contributed by atoms with Crippen molar-refractivity contribution >= 4 is 16.6 Å². The normalized spacial score (nSPS) is 15.3. The Morgan fingerprint density at radius 1 is 1.00 bits per heavy atom. The Balaban J connectivity index is 1.27. The second-order valence-corrected chi connectivity index (χ2v) is 7.29. The summed E-state index contributed by atoms with van der Waals surface area (Å²) in [6.45, 7) is 6.30. The Bertz CT molecular complexity index is 940. The molecule has 27 heavy (non-hydrogen) atoms. The van der Waals surface area contributed by atoms with Crippen LogP contribution < -0.4 is 0 Å². The Labute approximate surface area is 160 Å². The standard InChI is InChI=1S/C23H26FN3/c1-18-25-22-6-2-3-7-23(22)27(18)15-5-4-14-26-16-12-20(13-17-26)19-8-10-21(24)11-9-19/h2-3,6-12H,4-5,13-17H2,1H3. The lowest BCUT2D eigenvalue weighted by molar-refractivity contribution is 0.292. The van der Waals surface area contributed by atoms with Crippen molar-refractivity contribution in [2.45, 2.75) is 32.7 Å². The highest BCUT2D eigenvalue weighted by Crippen LogP contribution is 2.23. The fourth-order valence-electron chi connectivity index (χ4n) is 3.92. The van der Waals surface area contributed by atoms with E-state index in [2.05, 4.69) is 45.6 Å². The van der Waals surface area contributed by atoms with Crippen LogP contribution in [0.2, 0.25) is 0 Å². The molecule has 2 heterocycles. The summed E-state index contributed by atoms with van der Waals surface area (Å²) in [6, 6.07) is 15.2. The molecule has 3 nitrogen and oxygen atoms in total. The van der Waals surface area contributed by atoms with Crippen molar-refractivity contribution in [2.75, 3.05) is 19.6 Å². The second kappa shape index (κ2) is 8.05. The van der Waals surface area contributed by atoms with E-state index in [0.717, 1.165) is 55.9 Å². The third-order valence-corrected chi connectivity index (χ3v) is 5.46. The molecule has 4 rings (SSSR count). The van der Waals surface area contributed by atoms with Gasteiger partial charge in [-0.2, -0.15) is 0 Å². The zero-order valence-corrected chi connectivity index (χ0v) is 15.9. The van der Waals surface area contributed by atoms with E-state index < -0.39 is 0 Å². The first-order valence-electron chi connectivity index (χ1n) is 9.80. The van der Waals surface area contributed by atoms with Gasteiger partial charge in [0.2, 0.25) is 0 Å². The first-order chi connectivity index (χ1) is 13.2. The molecule has 0 saturated carbocycles. The van der Waals surface area contributed by atoms with Crippen molar-refractivity contribution in [3.63, 3.8) is 0 Å². The quantitative estimate of drug-likeness (QED) is 0.571. The van der Waals surface area contributed by atoms with Gasteiger partial charge >= 0.3 is 0 Å². The average molecular weight is 363 g/mol. The van der Waals surface area contributed by atoms with Crippen molar-refractivity contribution in [1.29, 1.82) is 0 Å². The maximum Gasteiger partial charge on any atom is 0.123 e. The van der Waals surface area contributed by atoms with Gasteiger partial charge in [-0.3, -0.25) is 4.90 Å². The fraction of sp³-hybridized carbons (Fsp3) is 0.348. The number of rotatable bonds is 6. The third kappa shape index (κ3) is 4.11. The van der Waals surface area contributed by atoms with Crippen LogP contribution in [0.25, 0.3) is 16.6 Å². The number of benzene rings is 2. The molecule has 0 saturated heterocycles. The monoisotopic (exact) mass is 363 g/mol. The average Bonchev–Trinajstić information content (AvgIpc) is 3.02. The molecule has 0 fully saturated rings. The SMILES string of the molecule is Cc1nc2ccccc2n1CCCCN1CC=C(c2ccc(F)cc2)CC1. The van der Waals surface area contributed by atoms with Gasteiger partial charge in [-0.25, -0.2) is 9.37 Å². The molecule has 0 spiro atoms. The molecule has 0 N–H and O–H groups in total. The molecule has 1 aliphatic rings. The van der Waals surface area contributed by atoms with Crippen LogP contribution in [-0.2, 0) is 6.54 Å². The summed E-state index contributed by atoms with van der Waals surface area (Å²) < 4.78 is 15.4. The van der Waals surface area contributed by atoms with Gasteiger partial charge in [-0.05, 0) is 68.1 Å². The zero-order valence-electron chi connectivity index (χ0n) is 15.9. The Morgan fingerprint density at radius 3 is 2.56 bits per heavy atom. The first-order valence-corrected chi connectivity index (χ1v) is 9.80. The van der Waals surface area contributed by atoms with Crippen LogP contribution in [0.3, 0.4) is 0 Å². The Morgan fingerprint density at radius 2 is 1.78 bits per heavy atom. The molecule has 0 aliphatic carbocycles. The van der Waals surface area contributed by atoms with E-state index in [9.17, 15) is 4.39 Å². The highest BCUT2D eigenvalue weighted by Gasteiger charge is 2.13. The molecule has 1 aromatic heterocycles. The van der Waals surface area contributed by atoms with Crippen LogP contribution in [0.5, 0.6) is 0 Å². The summed E-state index contributed by atoms with van der Waals surface area (Å²) >= 11 is 0. The molecule has 3 aromatic rings. The molecular weight excluding hydrogens is 337 g/mol. The molecule has 140 valence electrons. The minimum Gasteiger partial charge on any atom is -0.328 e. The van der Waals surface area contributed by atoms with Gasteiger partial charge in [0.05, 0.1) is 11.0 Å². The van der Waals surface area contributed by atoms with Crippen molar-refractivity contribution in [3.05, 3.63) is 71.8 Å². The maximum absolute atomic E-state index is 13.1. The van der Waals surface area contributed by atoms with Crippen LogP contribution in [0.4, 0.5) is 4.39 Å². The van der Waals surface area contributed by atoms with Gasteiger partial charge in [0.15, 0.2) is 0 Å². The number of hydrogen-bond donors (Lipinski definition) is 0. The van der Waals surface area contributed by atoms with E-state index in [4.69, 9.17) is 0 Å². The molecular formula is C23H26FN3. The van der Waals surface area contributed by atoms with Crippen LogP contribution in [0.1, 0.15) is 30.7 Å². The van der Waals surface area contributed by atoms with Gasteiger partial charge in [-0.15, -0.1) is 0 Å². The van der Waals surface area contributed by atoms with E-state index in [0.29, 0.717) is 0 Å². The fourth-order valence-corrected chi connectivity index (χ4v) is 3.92. The zero-order chi connectivity index (χ0) is 18.6. The lowest BCUT2D eigenvalue weighted by Gasteiger charge is -2.26. The highest BCUT2D eigenvalue weighted by atomic mass is 19.1. The van der Waals surface area contributed by atoms with Gasteiger partial charge in [-0.1, -0.05) is 30.3 Å². The van der Waals surface area contributed by atoms with Crippen LogP contribution in [-0.4, -0.2) is 34.1 Å². The predicted octanol–water partition coefficient (Wildman–Crippen LogP) is 5.05. The smallest absolute Gasteiger partial charge is 0.123 e. The van der Waals surface area contributed by atoms with Crippen LogP contribution in [0, 0.1) is 12.7 Å². The minimum atomic E-state index is -0.169. The summed E-state index contributed by atoms with van der Waals surface area (Å²) in [4.78, 5) is 7.15. The summed E-state index contributed by atoms with van der Waals surface area (Å²) in [7, 11) is 0. The summed E-state index contributed by atoms with van der Waals surface area (Å²) in [5.74, 6) is 0.929. The predicted molar refractivity (Wildman–Crippen MR) is 109 cm³/mol. The Kier molecular flexibility index (Phi) is 5.35. The molecule has 0 bridgehead atoms. The van der Waals surface area contributed by atoms with E-state index in [1.54, 1.807) is 12.1 Å². The van der Waals surface area contributed by atoms with E-state index in [1.165, 1.54) is 17.5 Å². The molecule has 4 heteroatoms. The van der Waals surface area contributed by atoms with Gasteiger partial charge in [0.25, 0.3) is 0 Å². The number of hydrogen-bond acceptors (Lipinski definition) is 2.